The molecule has 2 aromatic carbocycles. The maximum absolute atomic E-state index is 13.6. The van der Waals surface area contributed by atoms with E-state index in [1.54, 1.807) is 7.11 Å². The van der Waals surface area contributed by atoms with Crippen molar-refractivity contribution in [3.63, 3.8) is 0 Å². The van der Waals surface area contributed by atoms with Crippen molar-refractivity contribution in [1.82, 2.24) is 9.80 Å². The highest BCUT2D eigenvalue weighted by atomic mass is 32.2. The molecule has 0 bridgehead atoms. The van der Waals surface area contributed by atoms with Gasteiger partial charge in [0.05, 0.1) is 18.6 Å². The first-order chi connectivity index (χ1) is 15.0. The number of carbonyl (C=O) groups is 1. The first kappa shape index (κ1) is 21.6. The maximum Gasteiger partial charge on any atom is 0.244 e. The van der Waals surface area contributed by atoms with Crippen LogP contribution in [-0.4, -0.2) is 82.0 Å². The molecular formula is C23H29N3O4S. The van der Waals surface area contributed by atoms with Crippen LogP contribution >= 0.6 is 0 Å². The molecule has 1 amide bonds. The molecule has 0 radical (unpaired) electrons. The van der Waals surface area contributed by atoms with Gasteiger partial charge in [-0.1, -0.05) is 30.3 Å². The molecule has 0 N–H and O–H groups in total. The molecule has 2 heterocycles. The summed E-state index contributed by atoms with van der Waals surface area (Å²) in [6.07, 6.45) is 0. The fourth-order valence-electron chi connectivity index (χ4n) is 4.28. The van der Waals surface area contributed by atoms with E-state index >= 15 is 0 Å². The number of benzene rings is 2. The minimum Gasteiger partial charge on any atom is -0.497 e. The van der Waals surface area contributed by atoms with Crippen molar-refractivity contribution >= 4 is 21.4 Å². The van der Waals surface area contributed by atoms with E-state index in [0.29, 0.717) is 26.2 Å². The van der Waals surface area contributed by atoms with Gasteiger partial charge >= 0.3 is 0 Å². The third-order valence-corrected chi connectivity index (χ3v) is 7.73. The van der Waals surface area contributed by atoms with Gasteiger partial charge in [0.15, 0.2) is 9.84 Å². The molecule has 2 fully saturated rings. The number of amides is 1. The number of nitrogens with zero attached hydrogens (tertiary/aromatic N) is 3. The zero-order chi connectivity index (χ0) is 21.8. The van der Waals surface area contributed by atoms with Gasteiger partial charge in [-0.3, -0.25) is 9.69 Å². The van der Waals surface area contributed by atoms with Crippen molar-refractivity contribution in [3.05, 3.63) is 60.2 Å². The molecule has 0 saturated carbocycles. The minimum absolute atomic E-state index is 0.0554. The number of anilines is 1. The van der Waals surface area contributed by atoms with E-state index in [1.807, 2.05) is 64.4 Å². The number of hydrogen-bond donors (Lipinski definition) is 0. The van der Waals surface area contributed by atoms with Crippen LogP contribution in [0.3, 0.4) is 0 Å². The number of carbonyl (C=O) groups excluding carboxylic acids is 1. The van der Waals surface area contributed by atoms with Gasteiger partial charge in [0.2, 0.25) is 5.91 Å². The van der Waals surface area contributed by atoms with Crippen molar-refractivity contribution < 1.29 is 17.9 Å². The Kier molecular flexibility index (Phi) is 6.48. The predicted octanol–water partition coefficient (Wildman–Crippen LogP) is 1.82. The Hall–Kier alpha value is -2.58. The van der Waals surface area contributed by atoms with Crippen LogP contribution in [0.15, 0.2) is 54.6 Å². The molecule has 0 aromatic heterocycles. The van der Waals surface area contributed by atoms with Crippen LogP contribution in [-0.2, 0) is 14.6 Å². The number of sulfone groups is 1. The van der Waals surface area contributed by atoms with Gasteiger partial charge in [-0.15, -0.1) is 0 Å². The van der Waals surface area contributed by atoms with Crippen molar-refractivity contribution in [2.45, 2.75) is 6.04 Å². The van der Waals surface area contributed by atoms with E-state index in [4.69, 9.17) is 4.74 Å². The van der Waals surface area contributed by atoms with Crippen LogP contribution in [0.5, 0.6) is 5.75 Å². The fourth-order valence-corrected chi connectivity index (χ4v) is 5.51. The van der Waals surface area contributed by atoms with E-state index in [2.05, 4.69) is 4.90 Å². The molecule has 7 nitrogen and oxygen atoms in total. The number of rotatable bonds is 5. The summed E-state index contributed by atoms with van der Waals surface area (Å²) in [4.78, 5) is 19.8. The summed E-state index contributed by atoms with van der Waals surface area (Å²) >= 11 is 0. The second kappa shape index (κ2) is 9.28. The Bertz CT molecular complexity index is 973. The second-order valence-corrected chi connectivity index (χ2v) is 10.3. The lowest BCUT2D eigenvalue weighted by atomic mass is 10.0. The largest absolute Gasteiger partial charge is 0.497 e. The summed E-state index contributed by atoms with van der Waals surface area (Å²) in [5, 5.41) is 0. The highest BCUT2D eigenvalue weighted by Gasteiger charge is 2.35. The molecule has 8 heteroatoms. The number of methoxy groups -OCH3 is 1. The van der Waals surface area contributed by atoms with Crippen LogP contribution in [0.25, 0.3) is 0 Å². The average molecular weight is 444 g/mol. The first-order valence-electron chi connectivity index (χ1n) is 10.6. The molecule has 0 aliphatic carbocycles. The Morgan fingerprint density at radius 2 is 1.48 bits per heavy atom. The standard InChI is InChI=1S/C23H29N3O4S/c1-30-21-9-7-20(8-10-21)24-11-13-26(14-12-24)23(27)22(19-5-3-2-4-6-19)25-15-17-31(28,29)18-16-25/h2-10,22H,11-18H2,1H3. The van der Waals surface area contributed by atoms with E-state index in [0.717, 1.165) is 30.1 Å². The van der Waals surface area contributed by atoms with E-state index in [9.17, 15) is 13.2 Å². The molecule has 0 spiro atoms. The lowest BCUT2D eigenvalue weighted by molar-refractivity contribution is -0.137. The average Bonchev–Trinajstić information content (AvgIpc) is 2.81. The molecule has 2 aromatic rings. The Balaban J connectivity index is 1.46. The van der Waals surface area contributed by atoms with Gasteiger partial charge in [0.25, 0.3) is 0 Å². The van der Waals surface area contributed by atoms with Crippen LogP contribution in [0.1, 0.15) is 11.6 Å². The number of hydrogen-bond acceptors (Lipinski definition) is 6. The summed E-state index contributed by atoms with van der Waals surface area (Å²) in [6, 6.07) is 17.2. The molecule has 2 saturated heterocycles. The fraction of sp³-hybridized carbons (Fsp3) is 0.435. The smallest absolute Gasteiger partial charge is 0.244 e. The van der Waals surface area contributed by atoms with Gasteiger partial charge < -0.3 is 14.5 Å². The van der Waals surface area contributed by atoms with Crippen molar-refractivity contribution in [2.75, 3.05) is 62.8 Å². The first-order valence-corrected chi connectivity index (χ1v) is 12.5. The zero-order valence-corrected chi connectivity index (χ0v) is 18.6. The minimum atomic E-state index is -3.01. The van der Waals surface area contributed by atoms with Gasteiger partial charge in [-0.05, 0) is 29.8 Å². The Morgan fingerprint density at radius 3 is 2.06 bits per heavy atom. The molecule has 1 unspecified atom stereocenters. The van der Waals surface area contributed by atoms with E-state index in [-0.39, 0.29) is 17.4 Å². The molecule has 4 rings (SSSR count). The molecule has 1 atom stereocenters. The molecular weight excluding hydrogens is 414 g/mol. The van der Waals surface area contributed by atoms with Crippen molar-refractivity contribution in [3.8, 4) is 5.75 Å². The molecule has 2 aliphatic rings. The Labute approximate surface area is 184 Å². The summed E-state index contributed by atoms with van der Waals surface area (Å²) < 4.78 is 29.0. The van der Waals surface area contributed by atoms with Gasteiger partial charge in [-0.25, -0.2) is 8.42 Å². The summed E-state index contributed by atoms with van der Waals surface area (Å²) in [6.45, 7) is 3.57. The van der Waals surface area contributed by atoms with Gasteiger partial charge in [-0.2, -0.15) is 0 Å². The van der Waals surface area contributed by atoms with Crippen LogP contribution < -0.4 is 9.64 Å². The lowest BCUT2D eigenvalue weighted by Crippen LogP contribution is -2.54. The predicted molar refractivity (Wildman–Crippen MR) is 121 cm³/mol. The van der Waals surface area contributed by atoms with E-state index < -0.39 is 15.9 Å². The van der Waals surface area contributed by atoms with Crippen molar-refractivity contribution in [2.24, 2.45) is 0 Å². The van der Waals surface area contributed by atoms with Crippen LogP contribution in [0.2, 0.25) is 0 Å². The maximum atomic E-state index is 13.6. The number of piperazine rings is 1. The van der Waals surface area contributed by atoms with Crippen LogP contribution in [0, 0.1) is 0 Å². The highest BCUT2D eigenvalue weighted by molar-refractivity contribution is 7.91. The number of ether oxygens (including phenoxy) is 1. The topological polar surface area (TPSA) is 70.2 Å². The molecule has 2 aliphatic heterocycles. The summed E-state index contributed by atoms with van der Waals surface area (Å²) in [5.41, 5.74) is 2.04. The van der Waals surface area contributed by atoms with Gasteiger partial charge in [0, 0.05) is 45.0 Å². The highest BCUT2D eigenvalue weighted by Crippen LogP contribution is 2.27. The monoisotopic (exact) mass is 443 g/mol. The zero-order valence-electron chi connectivity index (χ0n) is 17.8. The van der Waals surface area contributed by atoms with Crippen molar-refractivity contribution in [1.29, 1.82) is 0 Å². The third-order valence-electron chi connectivity index (χ3n) is 6.12. The Morgan fingerprint density at radius 1 is 0.871 bits per heavy atom. The quantitative estimate of drug-likeness (QED) is 0.702. The lowest BCUT2D eigenvalue weighted by Gasteiger charge is -2.40. The molecule has 31 heavy (non-hydrogen) atoms. The normalized spacial score (nSPS) is 20.3. The summed E-state index contributed by atoms with van der Waals surface area (Å²) in [5.74, 6) is 1.09. The van der Waals surface area contributed by atoms with E-state index in [1.165, 1.54) is 0 Å². The summed E-state index contributed by atoms with van der Waals surface area (Å²) in [7, 11) is -1.35. The second-order valence-electron chi connectivity index (χ2n) is 8.01. The third kappa shape index (κ3) is 5.02. The van der Waals surface area contributed by atoms with Gasteiger partial charge in [0.1, 0.15) is 11.8 Å². The molecule has 166 valence electrons. The van der Waals surface area contributed by atoms with Crippen LogP contribution in [0.4, 0.5) is 5.69 Å². The SMILES string of the molecule is COc1ccc(N2CCN(C(=O)C(c3ccccc3)N3CCS(=O)(=O)CC3)CC2)cc1.